The molecule has 0 aliphatic heterocycles. The second kappa shape index (κ2) is 8.97. The van der Waals surface area contributed by atoms with Crippen LogP contribution in [0.1, 0.15) is 19.4 Å². The van der Waals surface area contributed by atoms with Crippen LogP contribution in [0.2, 0.25) is 0 Å². The number of hydrogen-bond donors (Lipinski definition) is 1. The van der Waals surface area contributed by atoms with Crippen LogP contribution in [0.5, 0.6) is 17.2 Å². The van der Waals surface area contributed by atoms with E-state index in [0.717, 1.165) is 17.1 Å². The fourth-order valence-corrected chi connectivity index (χ4v) is 2.17. The highest BCUT2D eigenvalue weighted by atomic mass is 16.5. The number of ether oxygens (including phenoxy) is 3. The predicted molar refractivity (Wildman–Crippen MR) is 97.4 cm³/mol. The lowest BCUT2D eigenvalue weighted by Gasteiger charge is -2.19. The number of aryl methyl sites for hydroxylation is 1. The molecule has 0 spiro atoms. The summed E-state index contributed by atoms with van der Waals surface area (Å²) in [5, 5.41) is 2.89. The van der Waals surface area contributed by atoms with Crippen LogP contribution in [0.4, 0.5) is 0 Å². The first kappa shape index (κ1) is 18.6. The van der Waals surface area contributed by atoms with Crippen molar-refractivity contribution in [3.8, 4) is 17.2 Å². The summed E-state index contributed by atoms with van der Waals surface area (Å²) in [5.41, 5.74) is 1.15. The molecule has 2 aromatic rings. The Balaban J connectivity index is 1.77. The first-order chi connectivity index (χ1) is 12.0. The van der Waals surface area contributed by atoms with E-state index in [0.29, 0.717) is 12.4 Å². The Morgan fingerprint density at radius 1 is 0.960 bits per heavy atom. The van der Waals surface area contributed by atoms with Crippen LogP contribution in [0.15, 0.2) is 48.5 Å². The third-order valence-corrected chi connectivity index (χ3v) is 3.65. The molecule has 2 atom stereocenters. The van der Waals surface area contributed by atoms with Gasteiger partial charge in [-0.2, -0.15) is 0 Å². The third-order valence-electron chi connectivity index (χ3n) is 3.65. The van der Waals surface area contributed by atoms with Gasteiger partial charge in [-0.1, -0.05) is 17.7 Å². The van der Waals surface area contributed by atoms with E-state index in [-0.39, 0.29) is 11.9 Å². The smallest absolute Gasteiger partial charge is 0.261 e. The Hall–Kier alpha value is -2.69. The number of amides is 1. The maximum absolute atomic E-state index is 12.2. The second-order valence-electron chi connectivity index (χ2n) is 5.97. The van der Waals surface area contributed by atoms with Gasteiger partial charge in [0, 0.05) is 0 Å². The molecule has 0 saturated carbocycles. The molecule has 5 nitrogen and oxygen atoms in total. The number of methoxy groups -OCH3 is 1. The topological polar surface area (TPSA) is 56.8 Å². The summed E-state index contributed by atoms with van der Waals surface area (Å²) < 4.78 is 16.4. The molecule has 0 aliphatic rings. The van der Waals surface area contributed by atoms with Crippen molar-refractivity contribution in [1.29, 1.82) is 0 Å². The quantitative estimate of drug-likeness (QED) is 0.798. The standard InChI is InChI=1S/C20H25NO4/c1-14-5-7-19(8-6-14)25-16(3)20(22)21-15(2)13-24-18-11-9-17(23-4)10-12-18/h5-12,15-16H,13H2,1-4H3,(H,21,22)/t15-,16+/m1/s1. The lowest BCUT2D eigenvalue weighted by molar-refractivity contribution is -0.128. The summed E-state index contributed by atoms with van der Waals surface area (Å²) in [6.07, 6.45) is -0.578. The van der Waals surface area contributed by atoms with E-state index < -0.39 is 6.10 Å². The normalized spacial score (nSPS) is 12.8. The molecule has 1 N–H and O–H groups in total. The maximum atomic E-state index is 12.2. The van der Waals surface area contributed by atoms with E-state index in [1.54, 1.807) is 14.0 Å². The van der Waals surface area contributed by atoms with Crippen molar-refractivity contribution in [2.75, 3.05) is 13.7 Å². The van der Waals surface area contributed by atoms with Gasteiger partial charge in [0.05, 0.1) is 13.2 Å². The number of carbonyl (C=O) groups is 1. The van der Waals surface area contributed by atoms with Crippen molar-refractivity contribution in [3.05, 3.63) is 54.1 Å². The van der Waals surface area contributed by atoms with Crippen molar-refractivity contribution in [1.82, 2.24) is 5.32 Å². The Labute approximate surface area is 148 Å². The molecule has 0 aliphatic carbocycles. The minimum Gasteiger partial charge on any atom is -0.497 e. The number of carbonyl (C=O) groups excluding carboxylic acids is 1. The molecule has 0 fully saturated rings. The molecular weight excluding hydrogens is 318 g/mol. The zero-order valence-electron chi connectivity index (χ0n) is 15.1. The van der Waals surface area contributed by atoms with Gasteiger partial charge in [-0.3, -0.25) is 4.79 Å². The minimum absolute atomic E-state index is 0.140. The van der Waals surface area contributed by atoms with Gasteiger partial charge in [0.2, 0.25) is 0 Å². The van der Waals surface area contributed by atoms with Gasteiger partial charge < -0.3 is 19.5 Å². The Morgan fingerprint density at radius 3 is 2.12 bits per heavy atom. The zero-order chi connectivity index (χ0) is 18.2. The highest BCUT2D eigenvalue weighted by Gasteiger charge is 2.17. The fraction of sp³-hybridized carbons (Fsp3) is 0.350. The average molecular weight is 343 g/mol. The molecule has 5 heteroatoms. The lowest BCUT2D eigenvalue weighted by atomic mass is 10.2. The molecule has 0 bridgehead atoms. The largest absolute Gasteiger partial charge is 0.497 e. The maximum Gasteiger partial charge on any atom is 0.261 e. The monoisotopic (exact) mass is 343 g/mol. The van der Waals surface area contributed by atoms with Crippen molar-refractivity contribution < 1.29 is 19.0 Å². The summed E-state index contributed by atoms with van der Waals surface area (Å²) >= 11 is 0. The van der Waals surface area contributed by atoms with E-state index in [9.17, 15) is 4.79 Å². The second-order valence-corrected chi connectivity index (χ2v) is 5.97. The number of rotatable bonds is 8. The van der Waals surface area contributed by atoms with Crippen LogP contribution in [0.25, 0.3) is 0 Å². The highest BCUT2D eigenvalue weighted by molar-refractivity contribution is 5.81. The van der Waals surface area contributed by atoms with E-state index in [4.69, 9.17) is 14.2 Å². The third kappa shape index (κ3) is 6.03. The van der Waals surface area contributed by atoms with Crippen LogP contribution in [-0.4, -0.2) is 31.8 Å². The molecule has 0 saturated heterocycles. The van der Waals surface area contributed by atoms with E-state index in [2.05, 4.69) is 5.32 Å². The van der Waals surface area contributed by atoms with Crippen molar-refractivity contribution >= 4 is 5.91 Å². The van der Waals surface area contributed by atoms with Crippen LogP contribution < -0.4 is 19.5 Å². The van der Waals surface area contributed by atoms with Crippen LogP contribution in [0, 0.1) is 6.92 Å². The average Bonchev–Trinajstić information content (AvgIpc) is 2.62. The highest BCUT2D eigenvalue weighted by Crippen LogP contribution is 2.17. The van der Waals surface area contributed by atoms with Gasteiger partial charge in [0.15, 0.2) is 6.10 Å². The van der Waals surface area contributed by atoms with Gasteiger partial charge in [-0.25, -0.2) is 0 Å². The summed E-state index contributed by atoms with van der Waals surface area (Å²) in [7, 11) is 1.62. The molecule has 134 valence electrons. The first-order valence-electron chi connectivity index (χ1n) is 8.28. The molecule has 0 unspecified atom stereocenters. The molecular formula is C20H25NO4. The number of benzene rings is 2. The van der Waals surface area contributed by atoms with Crippen molar-refractivity contribution in [2.45, 2.75) is 32.9 Å². The molecule has 1 amide bonds. The summed E-state index contributed by atoms with van der Waals surface area (Å²) in [6.45, 7) is 5.99. The van der Waals surface area contributed by atoms with E-state index >= 15 is 0 Å². The minimum atomic E-state index is -0.578. The van der Waals surface area contributed by atoms with Gasteiger partial charge in [-0.15, -0.1) is 0 Å². The fourth-order valence-electron chi connectivity index (χ4n) is 2.17. The Bertz CT molecular complexity index is 667. The summed E-state index contributed by atoms with van der Waals surface area (Å²) in [6, 6.07) is 14.8. The first-order valence-corrected chi connectivity index (χ1v) is 8.28. The molecule has 0 heterocycles. The van der Waals surface area contributed by atoms with E-state index in [1.165, 1.54) is 0 Å². The number of hydrogen-bond acceptors (Lipinski definition) is 4. The summed E-state index contributed by atoms with van der Waals surface area (Å²) in [5.74, 6) is 2.00. The van der Waals surface area contributed by atoms with E-state index in [1.807, 2.05) is 62.4 Å². The summed E-state index contributed by atoms with van der Waals surface area (Å²) in [4.78, 5) is 12.2. The van der Waals surface area contributed by atoms with Gasteiger partial charge in [0.25, 0.3) is 5.91 Å². The van der Waals surface area contributed by atoms with Crippen molar-refractivity contribution in [2.24, 2.45) is 0 Å². The van der Waals surface area contributed by atoms with Crippen LogP contribution in [0.3, 0.4) is 0 Å². The van der Waals surface area contributed by atoms with Crippen LogP contribution in [-0.2, 0) is 4.79 Å². The molecule has 2 aromatic carbocycles. The predicted octanol–water partition coefficient (Wildman–Crippen LogP) is 3.35. The Morgan fingerprint density at radius 2 is 1.52 bits per heavy atom. The van der Waals surface area contributed by atoms with Gasteiger partial charge in [0.1, 0.15) is 23.9 Å². The van der Waals surface area contributed by atoms with Crippen molar-refractivity contribution in [3.63, 3.8) is 0 Å². The SMILES string of the molecule is COc1ccc(OC[C@@H](C)NC(=O)[C@H](C)Oc2ccc(C)cc2)cc1. The molecule has 0 aromatic heterocycles. The molecule has 25 heavy (non-hydrogen) atoms. The molecule has 0 radical (unpaired) electrons. The van der Waals surface area contributed by atoms with Crippen LogP contribution >= 0.6 is 0 Å². The number of nitrogens with one attached hydrogen (secondary N) is 1. The molecule has 2 rings (SSSR count). The van der Waals surface area contributed by atoms with Gasteiger partial charge in [-0.05, 0) is 57.2 Å². The Kier molecular flexibility index (Phi) is 6.69. The van der Waals surface area contributed by atoms with Gasteiger partial charge >= 0.3 is 0 Å². The lowest BCUT2D eigenvalue weighted by Crippen LogP contribution is -2.43. The zero-order valence-corrected chi connectivity index (χ0v) is 15.1.